The zero-order valence-electron chi connectivity index (χ0n) is 10.2. The molecule has 0 aliphatic rings. The van der Waals surface area contributed by atoms with E-state index in [2.05, 4.69) is 5.32 Å². The van der Waals surface area contributed by atoms with Gasteiger partial charge < -0.3 is 11.1 Å². The molecule has 0 saturated carbocycles. The van der Waals surface area contributed by atoms with Crippen LogP contribution in [-0.2, 0) is 11.2 Å². The molecule has 0 bridgehead atoms. The highest BCUT2D eigenvalue weighted by Crippen LogP contribution is 2.23. The standard InChI is InChI=1S/C12H15F3N2O.ClH/c13-12(14,15)6-4-9-2-1-3-10(8-9)17-11(18)5-7-16;/h1-3,8H,4-7,16H2,(H,17,18);1H. The number of amides is 1. The fourth-order valence-electron chi connectivity index (χ4n) is 1.45. The van der Waals surface area contributed by atoms with Crippen LogP contribution in [0.4, 0.5) is 18.9 Å². The van der Waals surface area contributed by atoms with Crippen LogP contribution in [0.1, 0.15) is 18.4 Å². The number of alkyl halides is 3. The molecule has 0 atom stereocenters. The molecule has 1 amide bonds. The van der Waals surface area contributed by atoms with Crippen molar-refractivity contribution in [3.05, 3.63) is 29.8 Å². The number of anilines is 1. The lowest BCUT2D eigenvalue weighted by Gasteiger charge is -2.08. The Morgan fingerprint density at radius 1 is 1.32 bits per heavy atom. The molecule has 0 saturated heterocycles. The van der Waals surface area contributed by atoms with Crippen molar-refractivity contribution >= 4 is 24.0 Å². The first-order valence-electron chi connectivity index (χ1n) is 5.56. The second kappa shape index (κ2) is 8.01. The molecule has 0 aliphatic heterocycles. The van der Waals surface area contributed by atoms with Crippen molar-refractivity contribution in [2.45, 2.75) is 25.4 Å². The van der Waals surface area contributed by atoms with Crippen LogP contribution in [0.2, 0.25) is 0 Å². The molecule has 108 valence electrons. The van der Waals surface area contributed by atoms with Gasteiger partial charge in [0.25, 0.3) is 0 Å². The Kier molecular flexibility index (Phi) is 7.48. The van der Waals surface area contributed by atoms with Gasteiger partial charge in [0.15, 0.2) is 0 Å². The van der Waals surface area contributed by atoms with E-state index in [1.165, 1.54) is 0 Å². The third kappa shape index (κ3) is 7.69. The number of nitrogens with two attached hydrogens (primary N) is 1. The summed E-state index contributed by atoms with van der Waals surface area (Å²) in [5.41, 5.74) is 6.26. The summed E-state index contributed by atoms with van der Waals surface area (Å²) in [7, 11) is 0. The summed E-state index contributed by atoms with van der Waals surface area (Å²) in [6.45, 7) is 0.236. The smallest absolute Gasteiger partial charge is 0.330 e. The number of nitrogens with one attached hydrogen (secondary N) is 1. The maximum atomic E-state index is 12.1. The van der Waals surface area contributed by atoms with Crippen LogP contribution >= 0.6 is 12.4 Å². The summed E-state index contributed by atoms with van der Waals surface area (Å²) in [5.74, 6) is -0.245. The van der Waals surface area contributed by atoms with Gasteiger partial charge in [-0.3, -0.25) is 4.79 Å². The molecule has 0 heterocycles. The normalized spacial score (nSPS) is 10.7. The van der Waals surface area contributed by atoms with E-state index in [0.29, 0.717) is 11.3 Å². The maximum Gasteiger partial charge on any atom is 0.389 e. The van der Waals surface area contributed by atoms with E-state index in [4.69, 9.17) is 5.73 Å². The highest BCUT2D eigenvalue weighted by atomic mass is 35.5. The number of hydrogen-bond donors (Lipinski definition) is 2. The van der Waals surface area contributed by atoms with Gasteiger partial charge in [0.05, 0.1) is 0 Å². The van der Waals surface area contributed by atoms with Gasteiger partial charge in [-0.1, -0.05) is 12.1 Å². The Balaban J connectivity index is 0.00000324. The van der Waals surface area contributed by atoms with Gasteiger partial charge in [0.1, 0.15) is 0 Å². The molecule has 19 heavy (non-hydrogen) atoms. The van der Waals surface area contributed by atoms with Crippen LogP contribution in [0, 0.1) is 0 Å². The van der Waals surface area contributed by atoms with E-state index in [0.717, 1.165) is 0 Å². The molecule has 1 aromatic carbocycles. The van der Waals surface area contributed by atoms with Crippen molar-refractivity contribution in [2.75, 3.05) is 11.9 Å². The number of rotatable bonds is 5. The number of carbonyl (C=O) groups excluding carboxylic acids is 1. The molecule has 7 heteroatoms. The van der Waals surface area contributed by atoms with Crippen molar-refractivity contribution in [2.24, 2.45) is 5.73 Å². The first-order valence-corrected chi connectivity index (χ1v) is 5.56. The lowest BCUT2D eigenvalue weighted by Crippen LogP contribution is -2.16. The molecular formula is C12H16ClF3N2O. The summed E-state index contributed by atoms with van der Waals surface area (Å²) in [6.07, 6.45) is -4.94. The molecule has 0 radical (unpaired) electrons. The monoisotopic (exact) mass is 296 g/mol. The Morgan fingerprint density at radius 2 is 2.00 bits per heavy atom. The number of halogens is 4. The van der Waals surface area contributed by atoms with E-state index in [-0.39, 0.29) is 37.7 Å². The van der Waals surface area contributed by atoms with E-state index in [1.807, 2.05) is 0 Å². The van der Waals surface area contributed by atoms with Crippen LogP contribution in [0.25, 0.3) is 0 Å². The van der Waals surface area contributed by atoms with Gasteiger partial charge in [-0.25, -0.2) is 0 Å². The number of hydrogen-bond acceptors (Lipinski definition) is 2. The molecule has 0 spiro atoms. The minimum Gasteiger partial charge on any atom is -0.330 e. The second-order valence-corrected chi connectivity index (χ2v) is 3.90. The topological polar surface area (TPSA) is 55.1 Å². The summed E-state index contributed by atoms with van der Waals surface area (Å²) in [6, 6.07) is 6.39. The predicted molar refractivity (Wildman–Crippen MR) is 70.4 cm³/mol. The Bertz CT molecular complexity index is 410. The third-order valence-electron chi connectivity index (χ3n) is 2.28. The van der Waals surface area contributed by atoms with Gasteiger partial charge in [0.2, 0.25) is 5.91 Å². The molecule has 0 fully saturated rings. The average Bonchev–Trinajstić information content (AvgIpc) is 2.26. The van der Waals surface area contributed by atoms with Gasteiger partial charge in [-0.2, -0.15) is 13.2 Å². The van der Waals surface area contributed by atoms with Crippen LogP contribution in [-0.4, -0.2) is 18.6 Å². The minimum absolute atomic E-state index is 0. The first-order chi connectivity index (χ1) is 8.40. The fraction of sp³-hybridized carbons (Fsp3) is 0.417. The second-order valence-electron chi connectivity index (χ2n) is 3.90. The van der Waals surface area contributed by atoms with Gasteiger partial charge in [-0.05, 0) is 24.1 Å². The Labute approximate surface area is 115 Å². The minimum atomic E-state index is -4.17. The van der Waals surface area contributed by atoms with Gasteiger partial charge in [-0.15, -0.1) is 12.4 Å². The van der Waals surface area contributed by atoms with E-state index in [1.54, 1.807) is 24.3 Å². The SMILES string of the molecule is Cl.NCCC(=O)Nc1cccc(CCC(F)(F)F)c1. The van der Waals surface area contributed by atoms with Crippen molar-refractivity contribution < 1.29 is 18.0 Å². The number of carbonyl (C=O) groups is 1. The van der Waals surface area contributed by atoms with Gasteiger partial charge in [0, 0.05) is 25.1 Å². The summed E-state index contributed by atoms with van der Waals surface area (Å²) in [4.78, 5) is 11.3. The molecular weight excluding hydrogens is 281 g/mol. The third-order valence-corrected chi connectivity index (χ3v) is 2.28. The summed E-state index contributed by atoms with van der Waals surface area (Å²) < 4.78 is 36.2. The highest BCUT2D eigenvalue weighted by molar-refractivity contribution is 5.90. The molecule has 0 aliphatic carbocycles. The molecule has 0 unspecified atom stereocenters. The maximum absolute atomic E-state index is 12.1. The molecule has 1 aromatic rings. The van der Waals surface area contributed by atoms with Gasteiger partial charge >= 0.3 is 6.18 Å². The Morgan fingerprint density at radius 3 is 2.58 bits per heavy atom. The van der Waals surface area contributed by atoms with Crippen LogP contribution in [0.5, 0.6) is 0 Å². The zero-order valence-corrected chi connectivity index (χ0v) is 11.0. The van der Waals surface area contributed by atoms with Crippen molar-refractivity contribution in [1.82, 2.24) is 0 Å². The van der Waals surface area contributed by atoms with E-state index >= 15 is 0 Å². The average molecular weight is 297 g/mol. The summed E-state index contributed by atoms with van der Waals surface area (Å²) in [5, 5.41) is 2.58. The molecule has 1 rings (SSSR count). The zero-order chi connectivity index (χ0) is 13.6. The Hall–Kier alpha value is -1.27. The molecule has 3 nitrogen and oxygen atoms in total. The first kappa shape index (κ1) is 17.7. The fourth-order valence-corrected chi connectivity index (χ4v) is 1.45. The van der Waals surface area contributed by atoms with Crippen LogP contribution in [0.3, 0.4) is 0 Å². The lowest BCUT2D eigenvalue weighted by atomic mass is 10.1. The predicted octanol–water partition coefficient (Wildman–Crippen LogP) is 2.89. The van der Waals surface area contributed by atoms with E-state index in [9.17, 15) is 18.0 Å². The van der Waals surface area contributed by atoms with E-state index < -0.39 is 12.6 Å². The van der Waals surface area contributed by atoms with Crippen LogP contribution in [0.15, 0.2) is 24.3 Å². The van der Waals surface area contributed by atoms with Crippen LogP contribution < -0.4 is 11.1 Å². The van der Waals surface area contributed by atoms with Crippen molar-refractivity contribution in [1.29, 1.82) is 0 Å². The highest BCUT2D eigenvalue weighted by Gasteiger charge is 2.26. The number of aryl methyl sites for hydroxylation is 1. The van der Waals surface area contributed by atoms with Crippen molar-refractivity contribution in [3.8, 4) is 0 Å². The summed E-state index contributed by atoms with van der Waals surface area (Å²) >= 11 is 0. The largest absolute Gasteiger partial charge is 0.389 e. The quantitative estimate of drug-likeness (QED) is 0.878. The van der Waals surface area contributed by atoms with Crippen molar-refractivity contribution in [3.63, 3.8) is 0 Å². The lowest BCUT2D eigenvalue weighted by molar-refractivity contribution is -0.134. The molecule has 3 N–H and O–H groups in total. The molecule has 0 aromatic heterocycles. The number of benzene rings is 1.